The van der Waals surface area contributed by atoms with Gasteiger partial charge in [0.1, 0.15) is 11.7 Å². The van der Waals surface area contributed by atoms with E-state index in [1.165, 1.54) is 25.4 Å². The number of carboxylic acids is 1. The van der Waals surface area contributed by atoms with Crippen molar-refractivity contribution in [2.24, 2.45) is 0 Å². The molecule has 7 nitrogen and oxygen atoms in total. The van der Waals surface area contributed by atoms with Crippen molar-refractivity contribution >= 4 is 17.8 Å². The van der Waals surface area contributed by atoms with Crippen LogP contribution in [-0.2, 0) is 9.53 Å². The second-order valence-corrected chi connectivity index (χ2v) is 4.02. The van der Waals surface area contributed by atoms with Crippen LogP contribution in [0.4, 0.5) is 0 Å². The topological polar surface area (TPSA) is 96.8 Å². The van der Waals surface area contributed by atoms with Gasteiger partial charge in [-0.25, -0.2) is 4.79 Å². The van der Waals surface area contributed by atoms with Gasteiger partial charge in [0, 0.05) is 26.3 Å². The fraction of sp³-hybridized carbons (Fsp3) is 0.333. The summed E-state index contributed by atoms with van der Waals surface area (Å²) >= 11 is 0. The lowest BCUT2D eigenvalue weighted by Gasteiger charge is -2.21. The van der Waals surface area contributed by atoms with Gasteiger partial charge in [-0.2, -0.15) is 0 Å². The number of carboxylic acid groups (broad SMARTS) is 1. The monoisotopic (exact) mass is 264 g/mol. The van der Waals surface area contributed by atoms with Gasteiger partial charge in [-0.3, -0.25) is 19.5 Å². The summed E-state index contributed by atoms with van der Waals surface area (Å²) < 4.78 is 4.80. The van der Waals surface area contributed by atoms with E-state index < -0.39 is 23.8 Å². The van der Waals surface area contributed by atoms with Crippen molar-refractivity contribution < 1.29 is 24.2 Å². The lowest BCUT2D eigenvalue weighted by atomic mass is 10.2. The largest absolute Gasteiger partial charge is 0.480 e. The van der Waals surface area contributed by atoms with E-state index >= 15 is 0 Å². The van der Waals surface area contributed by atoms with Gasteiger partial charge >= 0.3 is 5.97 Å². The number of carbonyl (C=O) groups excluding carboxylic acids is 2. The Bertz CT molecular complexity index is 508. The number of rotatable bonds is 5. The Balaban J connectivity index is 2.33. The highest BCUT2D eigenvalue weighted by molar-refractivity contribution is 6.21. The number of ether oxygens (including phenoxy) is 1. The highest BCUT2D eigenvalue weighted by Gasteiger charge is 2.43. The summed E-state index contributed by atoms with van der Waals surface area (Å²) in [5, 5.41) is 9.15. The Hall–Kier alpha value is -2.28. The summed E-state index contributed by atoms with van der Waals surface area (Å²) in [6, 6.07) is 1.74. The second kappa shape index (κ2) is 5.15. The SMILES string of the molecule is COCCC(C(=O)O)N1C(=O)c2cccnc2C1=O. The molecule has 0 radical (unpaired) electrons. The van der Waals surface area contributed by atoms with Gasteiger partial charge in [0.15, 0.2) is 0 Å². The van der Waals surface area contributed by atoms with Crippen LogP contribution in [0.3, 0.4) is 0 Å². The number of fused-ring (bicyclic) bond motifs is 1. The molecular formula is C12H12N2O5. The summed E-state index contributed by atoms with van der Waals surface area (Å²) in [6.45, 7) is 0.137. The van der Waals surface area contributed by atoms with Crippen molar-refractivity contribution in [1.29, 1.82) is 0 Å². The maximum Gasteiger partial charge on any atom is 0.327 e. The molecule has 0 spiro atoms. The van der Waals surface area contributed by atoms with Crippen molar-refractivity contribution in [2.45, 2.75) is 12.5 Å². The first-order valence-corrected chi connectivity index (χ1v) is 5.62. The second-order valence-electron chi connectivity index (χ2n) is 4.02. The Labute approximate surface area is 108 Å². The number of pyridine rings is 1. The van der Waals surface area contributed by atoms with E-state index in [0.717, 1.165) is 4.90 Å². The lowest BCUT2D eigenvalue weighted by molar-refractivity contribution is -0.142. The highest BCUT2D eigenvalue weighted by Crippen LogP contribution is 2.24. The molecule has 2 amide bonds. The van der Waals surface area contributed by atoms with Crippen LogP contribution in [0, 0.1) is 0 Å². The van der Waals surface area contributed by atoms with Crippen LogP contribution in [0.25, 0.3) is 0 Å². The van der Waals surface area contributed by atoms with E-state index in [1.54, 1.807) is 0 Å². The summed E-state index contributed by atoms with van der Waals surface area (Å²) in [5.74, 6) is -2.55. The number of imide groups is 1. The van der Waals surface area contributed by atoms with Gasteiger partial charge in [-0.15, -0.1) is 0 Å². The number of nitrogens with zero attached hydrogens (tertiary/aromatic N) is 2. The van der Waals surface area contributed by atoms with Crippen molar-refractivity contribution in [3.05, 3.63) is 29.6 Å². The number of hydrogen-bond donors (Lipinski definition) is 1. The smallest absolute Gasteiger partial charge is 0.327 e. The summed E-state index contributed by atoms with van der Waals surface area (Å²) in [4.78, 5) is 39.9. The van der Waals surface area contributed by atoms with Crippen LogP contribution in [0.15, 0.2) is 18.3 Å². The Kier molecular flexibility index (Phi) is 3.57. The molecule has 7 heteroatoms. The number of methoxy groups -OCH3 is 1. The molecule has 100 valence electrons. The molecule has 1 aromatic heterocycles. The Morgan fingerprint density at radius 3 is 2.79 bits per heavy atom. The molecule has 1 aliphatic rings. The van der Waals surface area contributed by atoms with Gasteiger partial charge in [0.25, 0.3) is 11.8 Å². The number of aromatic nitrogens is 1. The average molecular weight is 264 g/mol. The van der Waals surface area contributed by atoms with Crippen LogP contribution in [0.1, 0.15) is 27.3 Å². The minimum atomic E-state index is -1.24. The van der Waals surface area contributed by atoms with Crippen molar-refractivity contribution in [2.75, 3.05) is 13.7 Å². The van der Waals surface area contributed by atoms with E-state index in [1.807, 2.05) is 0 Å². The first-order valence-electron chi connectivity index (χ1n) is 5.62. The molecule has 2 rings (SSSR count). The van der Waals surface area contributed by atoms with Crippen molar-refractivity contribution in [3.8, 4) is 0 Å². The minimum Gasteiger partial charge on any atom is -0.480 e. The predicted octanol–water partition coefficient (Wildman–Crippen LogP) is 0.167. The molecule has 1 aliphatic heterocycles. The molecule has 2 heterocycles. The van der Waals surface area contributed by atoms with E-state index in [0.29, 0.717) is 0 Å². The van der Waals surface area contributed by atoms with Crippen molar-refractivity contribution in [1.82, 2.24) is 9.88 Å². The van der Waals surface area contributed by atoms with E-state index in [4.69, 9.17) is 9.84 Å². The van der Waals surface area contributed by atoms with Gasteiger partial charge in [-0.1, -0.05) is 0 Å². The fourth-order valence-electron chi connectivity index (χ4n) is 1.96. The predicted molar refractivity (Wildman–Crippen MR) is 62.7 cm³/mol. The fourth-order valence-corrected chi connectivity index (χ4v) is 1.96. The van der Waals surface area contributed by atoms with Gasteiger partial charge in [-0.05, 0) is 12.1 Å². The Morgan fingerprint density at radius 1 is 1.47 bits per heavy atom. The zero-order valence-corrected chi connectivity index (χ0v) is 10.2. The lowest BCUT2D eigenvalue weighted by Crippen LogP contribution is -2.45. The Morgan fingerprint density at radius 2 is 2.21 bits per heavy atom. The van der Waals surface area contributed by atoms with E-state index in [9.17, 15) is 14.4 Å². The molecule has 0 saturated heterocycles. The molecular weight excluding hydrogens is 252 g/mol. The first kappa shape index (κ1) is 13.2. The third-order valence-electron chi connectivity index (χ3n) is 2.87. The van der Waals surface area contributed by atoms with Gasteiger partial charge in [0.05, 0.1) is 5.56 Å². The van der Waals surface area contributed by atoms with Crippen LogP contribution < -0.4 is 0 Å². The third-order valence-corrected chi connectivity index (χ3v) is 2.87. The summed E-state index contributed by atoms with van der Waals surface area (Å²) in [5.41, 5.74) is 0.132. The quantitative estimate of drug-likeness (QED) is 0.761. The molecule has 0 saturated carbocycles. The van der Waals surface area contributed by atoms with Crippen LogP contribution in [-0.4, -0.2) is 52.5 Å². The average Bonchev–Trinajstić information content (AvgIpc) is 2.64. The standard InChI is InChI=1S/C12H12N2O5/c1-19-6-4-8(12(17)18)14-10(15)7-3-2-5-13-9(7)11(14)16/h2-3,5,8H,4,6H2,1H3,(H,17,18). The molecule has 0 bridgehead atoms. The number of hydrogen-bond acceptors (Lipinski definition) is 5. The third kappa shape index (κ3) is 2.19. The van der Waals surface area contributed by atoms with E-state index in [2.05, 4.69) is 4.98 Å². The maximum atomic E-state index is 12.1. The van der Waals surface area contributed by atoms with Crippen LogP contribution in [0.2, 0.25) is 0 Å². The number of carbonyl (C=O) groups is 3. The normalized spacial score (nSPS) is 15.5. The molecule has 0 fully saturated rings. The summed E-state index contributed by atoms with van der Waals surface area (Å²) in [7, 11) is 1.42. The van der Waals surface area contributed by atoms with Crippen molar-refractivity contribution in [3.63, 3.8) is 0 Å². The molecule has 1 atom stereocenters. The summed E-state index contributed by atoms with van der Waals surface area (Å²) in [6.07, 6.45) is 1.43. The molecule has 0 aliphatic carbocycles. The van der Waals surface area contributed by atoms with Gasteiger partial charge in [0.2, 0.25) is 0 Å². The molecule has 0 aromatic carbocycles. The van der Waals surface area contributed by atoms with E-state index in [-0.39, 0.29) is 24.3 Å². The van der Waals surface area contributed by atoms with Gasteiger partial charge < -0.3 is 9.84 Å². The van der Waals surface area contributed by atoms with Crippen LogP contribution in [0.5, 0.6) is 0 Å². The molecule has 19 heavy (non-hydrogen) atoms. The molecule has 1 unspecified atom stereocenters. The van der Waals surface area contributed by atoms with Crippen LogP contribution >= 0.6 is 0 Å². The first-order chi connectivity index (χ1) is 9.07. The zero-order valence-electron chi connectivity index (χ0n) is 10.2. The highest BCUT2D eigenvalue weighted by atomic mass is 16.5. The minimum absolute atomic E-state index is 0.00355. The zero-order chi connectivity index (χ0) is 14.0. The molecule has 1 N–H and O–H groups in total. The number of amides is 2. The maximum absolute atomic E-state index is 12.1. The molecule has 1 aromatic rings. The number of aliphatic carboxylic acids is 1.